The molecule has 2 heterocycles. The molecule has 0 fully saturated rings. The molecule has 1 aliphatic heterocycles. The van der Waals surface area contributed by atoms with Gasteiger partial charge in [-0.2, -0.15) is 0 Å². The van der Waals surface area contributed by atoms with Crippen molar-refractivity contribution in [2.45, 2.75) is 32.9 Å². The topological polar surface area (TPSA) is 54.8 Å². The fraction of sp³-hybridized carbons (Fsp3) is 0.250. The van der Waals surface area contributed by atoms with E-state index in [9.17, 15) is 9.59 Å². The molecule has 0 saturated carbocycles. The summed E-state index contributed by atoms with van der Waals surface area (Å²) >= 11 is 12.7. The number of amides is 2. The van der Waals surface area contributed by atoms with Gasteiger partial charge in [-0.15, -0.1) is 0 Å². The van der Waals surface area contributed by atoms with Crippen molar-refractivity contribution >= 4 is 40.7 Å². The Balaban J connectivity index is 1.79. The van der Waals surface area contributed by atoms with Crippen molar-refractivity contribution in [2.24, 2.45) is 0 Å². The van der Waals surface area contributed by atoms with Gasteiger partial charge in [0.05, 0.1) is 24.1 Å². The average molecular weight is 577 g/mol. The van der Waals surface area contributed by atoms with E-state index in [1.807, 2.05) is 66.4 Å². The Bertz CT molecular complexity index is 1620. The summed E-state index contributed by atoms with van der Waals surface area (Å²) in [6.45, 7) is 6.14. The Morgan fingerprint density at radius 2 is 1.60 bits per heavy atom. The molecule has 0 spiro atoms. The van der Waals surface area contributed by atoms with E-state index in [1.165, 1.54) is 0 Å². The second kappa shape index (κ2) is 10.7. The van der Waals surface area contributed by atoms with E-state index in [0.29, 0.717) is 26.9 Å². The van der Waals surface area contributed by atoms with Crippen LogP contribution < -0.4 is 9.64 Å². The number of nitrogens with zero attached hydrogens (tertiary/aromatic N) is 3. The van der Waals surface area contributed by atoms with Crippen LogP contribution in [0.1, 0.15) is 63.5 Å². The molecular formula is C32H31Cl2N3O3. The normalized spacial score (nSPS) is 14.6. The molecule has 0 saturated heterocycles. The van der Waals surface area contributed by atoms with Gasteiger partial charge in [0, 0.05) is 47.0 Å². The average Bonchev–Trinajstić information content (AvgIpc) is 3.45. The lowest BCUT2D eigenvalue weighted by Crippen LogP contribution is -2.30. The number of aromatic nitrogens is 1. The minimum absolute atomic E-state index is 0.0142. The van der Waals surface area contributed by atoms with Crippen LogP contribution in [0, 0.1) is 6.92 Å². The molecule has 0 radical (unpaired) electrons. The first-order valence-electron chi connectivity index (χ1n) is 13.0. The number of ether oxygens (including phenoxy) is 1. The number of rotatable bonds is 6. The van der Waals surface area contributed by atoms with Crippen LogP contribution in [0.4, 0.5) is 5.69 Å². The highest BCUT2D eigenvalue weighted by molar-refractivity contribution is 6.31. The van der Waals surface area contributed by atoms with E-state index in [0.717, 1.165) is 33.8 Å². The minimum atomic E-state index is -0.425. The summed E-state index contributed by atoms with van der Waals surface area (Å²) in [4.78, 5) is 30.5. The molecule has 0 aliphatic carbocycles. The van der Waals surface area contributed by atoms with Gasteiger partial charge in [0.2, 0.25) is 0 Å². The third-order valence-corrected chi connectivity index (χ3v) is 7.79. The zero-order valence-electron chi connectivity index (χ0n) is 23.3. The molecule has 8 heteroatoms. The summed E-state index contributed by atoms with van der Waals surface area (Å²) < 4.78 is 7.91. The van der Waals surface area contributed by atoms with Crippen LogP contribution in [0.3, 0.4) is 0 Å². The van der Waals surface area contributed by atoms with Gasteiger partial charge >= 0.3 is 0 Å². The highest BCUT2D eigenvalue weighted by atomic mass is 35.5. The fourth-order valence-corrected chi connectivity index (χ4v) is 5.76. The quantitative estimate of drug-likeness (QED) is 0.235. The van der Waals surface area contributed by atoms with Gasteiger partial charge in [-0.3, -0.25) is 14.5 Å². The number of anilines is 1. The molecule has 40 heavy (non-hydrogen) atoms. The maximum absolute atomic E-state index is 14.3. The molecule has 0 N–H and O–H groups in total. The van der Waals surface area contributed by atoms with Gasteiger partial charge < -0.3 is 14.2 Å². The second-order valence-corrected chi connectivity index (χ2v) is 11.3. The number of carbonyl (C=O) groups excluding carboxylic acids is 2. The smallest absolute Gasteiger partial charge is 0.261 e. The van der Waals surface area contributed by atoms with Crippen LogP contribution in [-0.2, 0) is 0 Å². The third kappa shape index (κ3) is 4.65. The van der Waals surface area contributed by atoms with E-state index < -0.39 is 6.04 Å². The molecule has 0 bridgehead atoms. The van der Waals surface area contributed by atoms with E-state index in [1.54, 1.807) is 38.2 Å². The van der Waals surface area contributed by atoms with Crippen molar-refractivity contribution in [1.82, 2.24) is 9.47 Å². The Hall–Kier alpha value is -3.74. The van der Waals surface area contributed by atoms with Crippen molar-refractivity contribution in [1.29, 1.82) is 0 Å². The van der Waals surface area contributed by atoms with Crippen molar-refractivity contribution in [3.63, 3.8) is 0 Å². The molecule has 1 aliphatic rings. The van der Waals surface area contributed by atoms with Gasteiger partial charge in [0.25, 0.3) is 11.8 Å². The molecular weight excluding hydrogens is 545 g/mol. The molecule has 3 aromatic carbocycles. The van der Waals surface area contributed by atoms with Crippen LogP contribution in [0.2, 0.25) is 10.0 Å². The van der Waals surface area contributed by atoms with Crippen LogP contribution in [0.15, 0.2) is 66.7 Å². The number of halogens is 2. The highest BCUT2D eigenvalue weighted by Gasteiger charge is 2.44. The molecule has 1 aromatic heterocycles. The predicted molar refractivity (Wildman–Crippen MR) is 161 cm³/mol. The first kappa shape index (κ1) is 27.8. The van der Waals surface area contributed by atoms with Gasteiger partial charge in [-0.1, -0.05) is 41.4 Å². The lowest BCUT2D eigenvalue weighted by Gasteiger charge is -2.30. The SMILES string of the molecule is COc1ccc(C(=O)N(C)C)cc1-c1cc2c(n1C(C)C)[C@H](c1ccc(Cl)cc1)N(c1cc(Cl)ccc1C)C2=O. The molecule has 0 unspecified atom stereocenters. The molecule has 5 rings (SSSR count). The number of fused-ring (bicyclic) bond motifs is 1. The summed E-state index contributed by atoms with van der Waals surface area (Å²) in [6.07, 6.45) is 0. The lowest BCUT2D eigenvalue weighted by molar-refractivity contribution is 0.0827. The van der Waals surface area contributed by atoms with E-state index >= 15 is 0 Å². The van der Waals surface area contributed by atoms with Gasteiger partial charge in [-0.05, 0) is 80.4 Å². The Labute approximate surface area is 244 Å². The second-order valence-electron chi connectivity index (χ2n) is 10.5. The number of benzene rings is 3. The fourth-order valence-electron chi connectivity index (χ4n) is 5.47. The number of aryl methyl sites for hydroxylation is 1. The third-order valence-electron chi connectivity index (χ3n) is 7.30. The van der Waals surface area contributed by atoms with Crippen molar-refractivity contribution in [3.05, 3.63) is 105 Å². The Kier molecular flexibility index (Phi) is 7.42. The van der Waals surface area contributed by atoms with Crippen LogP contribution in [-0.4, -0.2) is 42.5 Å². The molecule has 1 atom stereocenters. The maximum atomic E-state index is 14.3. The van der Waals surface area contributed by atoms with E-state index in [2.05, 4.69) is 18.4 Å². The van der Waals surface area contributed by atoms with E-state index in [-0.39, 0.29) is 17.9 Å². The van der Waals surface area contributed by atoms with Crippen molar-refractivity contribution in [3.8, 4) is 17.0 Å². The van der Waals surface area contributed by atoms with Crippen LogP contribution in [0.25, 0.3) is 11.3 Å². The summed E-state index contributed by atoms with van der Waals surface area (Å²) in [5.41, 5.74) is 6.15. The molecule has 4 aromatic rings. The molecule has 206 valence electrons. The number of carbonyl (C=O) groups is 2. The van der Waals surface area contributed by atoms with Crippen molar-refractivity contribution < 1.29 is 14.3 Å². The highest BCUT2D eigenvalue weighted by Crippen LogP contribution is 2.48. The lowest BCUT2D eigenvalue weighted by atomic mass is 10.0. The minimum Gasteiger partial charge on any atom is -0.496 e. The maximum Gasteiger partial charge on any atom is 0.261 e. The van der Waals surface area contributed by atoms with Crippen molar-refractivity contribution in [2.75, 3.05) is 26.1 Å². The summed E-state index contributed by atoms with van der Waals surface area (Å²) in [5, 5.41) is 1.17. The zero-order valence-corrected chi connectivity index (χ0v) is 24.8. The Morgan fingerprint density at radius 1 is 0.925 bits per heavy atom. The summed E-state index contributed by atoms with van der Waals surface area (Å²) in [7, 11) is 5.05. The van der Waals surface area contributed by atoms with Crippen LogP contribution in [0.5, 0.6) is 5.75 Å². The monoisotopic (exact) mass is 575 g/mol. The first-order chi connectivity index (χ1) is 19.0. The number of hydrogen-bond donors (Lipinski definition) is 0. The molecule has 6 nitrogen and oxygen atoms in total. The predicted octanol–water partition coefficient (Wildman–Crippen LogP) is 7.81. The standard InChI is InChI=1S/C32H31Cl2N3O3/c1-18(2)36-27(24-15-21(31(38)35(4)5)10-14-28(24)40-6)17-25-30(36)29(20-8-12-22(33)13-9-20)37(32(25)39)26-16-23(34)11-7-19(26)3/h7-18,29H,1-6H3/t29-/m0/s1. The van der Waals surface area contributed by atoms with E-state index in [4.69, 9.17) is 27.9 Å². The summed E-state index contributed by atoms with van der Waals surface area (Å²) in [6, 6.07) is 20.0. The largest absolute Gasteiger partial charge is 0.496 e. The van der Waals surface area contributed by atoms with Crippen LogP contribution >= 0.6 is 23.2 Å². The molecule has 2 amide bonds. The summed E-state index contributed by atoms with van der Waals surface area (Å²) in [5.74, 6) is 0.378. The first-order valence-corrected chi connectivity index (χ1v) is 13.8. The number of methoxy groups -OCH3 is 1. The van der Waals surface area contributed by atoms with Gasteiger partial charge in [0.15, 0.2) is 0 Å². The van der Waals surface area contributed by atoms with Gasteiger partial charge in [-0.25, -0.2) is 0 Å². The van der Waals surface area contributed by atoms with Gasteiger partial charge in [0.1, 0.15) is 11.8 Å². The zero-order chi connectivity index (χ0) is 28.9. The Morgan fingerprint density at radius 3 is 2.23 bits per heavy atom. The number of hydrogen-bond acceptors (Lipinski definition) is 3.